The quantitative estimate of drug-likeness (QED) is 0.168. The zero-order valence-corrected chi connectivity index (χ0v) is 16.2. The fourth-order valence-electron chi connectivity index (χ4n) is 0. The first-order chi connectivity index (χ1) is 7.93. The van der Waals surface area contributed by atoms with Crippen molar-refractivity contribution in [1.29, 1.82) is 0 Å². The van der Waals surface area contributed by atoms with Crippen LogP contribution in [0.2, 0.25) is 0 Å². The molecule has 114 valence electrons. The van der Waals surface area contributed by atoms with Crippen LogP contribution in [0.4, 0.5) is 0 Å². The maximum atomic E-state index is 8.93. The zero-order chi connectivity index (χ0) is 15.5. The molecule has 0 saturated heterocycles. The van der Waals surface area contributed by atoms with Gasteiger partial charge in [0.25, 0.3) is 0 Å². The first kappa shape index (κ1) is 36.6. The summed E-state index contributed by atoms with van der Waals surface area (Å²) in [7, 11) is 0. The molecular formula is C6H2Bi2O13. The van der Waals surface area contributed by atoms with Gasteiger partial charge in [0.2, 0.25) is 0 Å². The van der Waals surface area contributed by atoms with Gasteiger partial charge in [-0.05, 0) is 0 Å². The Bertz CT molecular complexity index is 282. The molecule has 0 unspecified atom stereocenters. The van der Waals surface area contributed by atoms with Crippen LogP contribution in [0, 0.1) is 0 Å². The normalized spacial score (nSPS) is 6.29. The van der Waals surface area contributed by atoms with E-state index in [4.69, 9.17) is 59.4 Å². The molecule has 0 heterocycles. The van der Waals surface area contributed by atoms with Crippen LogP contribution < -0.4 is 30.6 Å². The average Bonchev–Trinajstić information content (AvgIpc) is 2.18. The van der Waals surface area contributed by atoms with E-state index in [0.717, 1.165) is 0 Å². The Hall–Kier alpha value is -1.45. The molecule has 4 radical (unpaired) electrons. The van der Waals surface area contributed by atoms with Crippen LogP contribution in [0.3, 0.4) is 0 Å². The van der Waals surface area contributed by atoms with Crippen molar-refractivity contribution in [3.63, 3.8) is 0 Å². The molecule has 15 heteroatoms. The van der Waals surface area contributed by atoms with Gasteiger partial charge in [-0.1, -0.05) is 0 Å². The van der Waals surface area contributed by atoms with E-state index in [9.17, 15) is 0 Å². The van der Waals surface area contributed by atoms with Gasteiger partial charge < -0.3 is 64.9 Å². The summed E-state index contributed by atoms with van der Waals surface area (Å²) in [4.78, 5) is 53.6. The largest absolute Gasteiger partial charge is 3.00 e. The molecule has 21 heavy (non-hydrogen) atoms. The molecule has 0 aromatic heterocycles. The van der Waals surface area contributed by atoms with Crippen LogP contribution >= 0.6 is 0 Å². The van der Waals surface area contributed by atoms with Crippen LogP contribution in [-0.2, 0) is 28.8 Å². The van der Waals surface area contributed by atoms with Gasteiger partial charge in [0.1, 0.15) is 0 Å². The van der Waals surface area contributed by atoms with Crippen molar-refractivity contribution in [2.45, 2.75) is 0 Å². The van der Waals surface area contributed by atoms with Crippen LogP contribution in [0.15, 0.2) is 0 Å². The van der Waals surface area contributed by atoms with Crippen molar-refractivity contribution in [1.82, 2.24) is 0 Å². The van der Waals surface area contributed by atoms with Crippen molar-refractivity contribution in [3.8, 4) is 0 Å². The molecule has 0 aliphatic heterocycles. The zero-order valence-electron chi connectivity index (χ0n) is 9.29. The summed E-state index contributed by atoms with van der Waals surface area (Å²) in [6.07, 6.45) is 0. The first-order valence-electron chi connectivity index (χ1n) is 3.20. The summed E-state index contributed by atoms with van der Waals surface area (Å²) in [6.45, 7) is 0. The fourth-order valence-corrected chi connectivity index (χ4v) is 0. The Balaban J connectivity index is -0.0000000375. The number of carbonyl (C=O) groups is 6. The van der Waals surface area contributed by atoms with E-state index >= 15 is 0 Å². The molecule has 0 rings (SSSR count). The molecule has 0 bridgehead atoms. The van der Waals surface area contributed by atoms with E-state index in [1.54, 1.807) is 0 Å². The molecule has 0 spiro atoms. The van der Waals surface area contributed by atoms with Crippen molar-refractivity contribution >= 4 is 88.2 Å². The van der Waals surface area contributed by atoms with Crippen molar-refractivity contribution in [2.24, 2.45) is 0 Å². The number of hydrogen-bond acceptors (Lipinski definition) is 12. The van der Waals surface area contributed by atoms with E-state index < -0.39 is 35.8 Å². The van der Waals surface area contributed by atoms with Gasteiger partial charge in [-0.25, -0.2) is 0 Å². The summed E-state index contributed by atoms with van der Waals surface area (Å²) >= 11 is 0. The summed E-state index contributed by atoms with van der Waals surface area (Å²) in [5.74, 6) is -13.1. The molecule has 0 aromatic carbocycles. The smallest absolute Gasteiger partial charge is 0.543 e. The van der Waals surface area contributed by atoms with Gasteiger partial charge in [-0.2, -0.15) is 0 Å². The SMILES string of the molecule is O.O=C([O-])C(=O)[O-].O=C([O-])C(=O)[O-].O=C([O-])C(=O)[O-].[Bi+3].[Bi+3]. The third kappa shape index (κ3) is 45.7. The summed E-state index contributed by atoms with van der Waals surface area (Å²) in [5, 5.41) is 53.6. The molecule has 0 atom stereocenters. The molecule has 2 N–H and O–H groups in total. The fraction of sp³-hybridized carbons (Fsp3) is 0. The molecule has 0 aliphatic rings. The minimum Gasteiger partial charge on any atom is -0.543 e. The maximum Gasteiger partial charge on any atom is 3.00 e. The molecule has 0 amide bonds. The van der Waals surface area contributed by atoms with E-state index in [1.165, 1.54) is 0 Å². The number of carboxylic acid groups (broad SMARTS) is 6. The third-order valence-corrected chi connectivity index (χ3v) is 0.500. The Morgan fingerprint density at radius 3 is 0.429 bits per heavy atom. The number of rotatable bonds is 0. The molecule has 0 aromatic rings. The first-order valence-corrected chi connectivity index (χ1v) is 3.20. The van der Waals surface area contributed by atoms with E-state index in [-0.39, 0.29) is 57.9 Å². The number of carboxylic acids is 6. The van der Waals surface area contributed by atoms with Crippen LogP contribution in [0.1, 0.15) is 0 Å². The van der Waals surface area contributed by atoms with Crippen LogP contribution in [0.5, 0.6) is 0 Å². The number of hydrogen-bond donors (Lipinski definition) is 0. The van der Waals surface area contributed by atoms with Gasteiger partial charge in [-0.3, -0.25) is 0 Å². The van der Waals surface area contributed by atoms with Crippen molar-refractivity contribution < 1.29 is 64.9 Å². The second-order valence-electron chi connectivity index (χ2n) is 1.72. The molecule has 0 fully saturated rings. The molecular weight excluding hydrogens is 698 g/mol. The van der Waals surface area contributed by atoms with Gasteiger partial charge in [0.15, 0.2) is 0 Å². The van der Waals surface area contributed by atoms with Gasteiger partial charge in [0.05, 0.1) is 35.8 Å². The Morgan fingerprint density at radius 2 is 0.429 bits per heavy atom. The van der Waals surface area contributed by atoms with Gasteiger partial charge >= 0.3 is 52.4 Å². The maximum absolute atomic E-state index is 8.93. The predicted octanol–water partition coefficient (Wildman–Crippen LogP) is -12.1. The Kier molecular flexibility index (Phi) is 36.4. The topological polar surface area (TPSA) is 272 Å². The summed E-state index contributed by atoms with van der Waals surface area (Å²) in [6, 6.07) is 0. The molecule has 0 aliphatic carbocycles. The third-order valence-electron chi connectivity index (χ3n) is 0.500. The minimum atomic E-state index is -2.19. The van der Waals surface area contributed by atoms with Gasteiger partial charge in [0, 0.05) is 0 Å². The molecule has 0 saturated carbocycles. The predicted molar refractivity (Wildman–Crippen MR) is 45.2 cm³/mol. The van der Waals surface area contributed by atoms with E-state index in [0.29, 0.717) is 0 Å². The average molecular weight is 700 g/mol. The Labute approximate surface area is 152 Å². The number of aliphatic carboxylic acids is 6. The molecule has 13 nitrogen and oxygen atoms in total. The van der Waals surface area contributed by atoms with E-state index in [2.05, 4.69) is 0 Å². The summed E-state index contributed by atoms with van der Waals surface area (Å²) in [5.41, 5.74) is 0. The van der Waals surface area contributed by atoms with Crippen LogP contribution in [0.25, 0.3) is 0 Å². The van der Waals surface area contributed by atoms with Crippen LogP contribution in [-0.4, -0.2) is 93.7 Å². The summed E-state index contributed by atoms with van der Waals surface area (Å²) < 4.78 is 0. The van der Waals surface area contributed by atoms with E-state index in [1.807, 2.05) is 0 Å². The van der Waals surface area contributed by atoms with Crippen molar-refractivity contribution in [2.75, 3.05) is 0 Å². The van der Waals surface area contributed by atoms with Gasteiger partial charge in [-0.15, -0.1) is 0 Å². The second-order valence-corrected chi connectivity index (χ2v) is 1.72. The minimum absolute atomic E-state index is 0. The standard InChI is InChI=1S/3C2H2O4.2Bi.H2O/c3*3-1(4)2(5)6;;;/h3*(H,3,4)(H,5,6);;;1H2/q;;;2*+3;/p-6. The Morgan fingerprint density at radius 1 is 0.381 bits per heavy atom. The van der Waals surface area contributed by atoms with Crippen molar-refractivity contribution in [3.05, 3.63) is 0 Å². The number of carbonyl (C=O) groups excluding carboxylic acids is 6. The monoisotopic (exact) mass is 700 g/mol. The second kappa shape index (κ2) is 20.9.